The summed E-state index contributed by atoms with van der Waals surface area (Å²) in [5.41, 5.74) is 2.82. The van der Waals surface area contributed by atoms with Crippen molar-refractivity contribution < 1.29 is 4.74 Å². The second-order valence-electron chi connectivity index (χ2n) is 7.53. The van der Waals surface area contributed by atoms with Crippen LogP contribution in [0.1, 0.15) is 12.5 Å². The van der Waals surface area contributed by atoms with Gasteiger partial charge < -0.3 is 14.2 Å². The molecule has 0 unspecified atom stereocenters. The van der Waals surface area contributed by atoms with Crippen LogP contribution in [0.15, 0.2) is 114 Å². The number of nitrogens with zero attached hydrogens (tertiary/aromatic N) is 6. The maximum absolute atomic E-state index is 8.98. The number of aromatic nitrogens is 3. The van der Waals surface area contributed by atoms with Crippen LogP contribution in [0.25, 0.3) is 6.08 Å². The molecule has 4 rings (SSSR count). The maximum atomic E-state index is 8.98. The molecule has 0 saturated carbocycles. The average Bonchev–Trinajstić information content (AvgIpc) is 3.36. The minimum atomic E-state index is 0.0777. The summed E-state index contributed by atoms with van der Waals surface area (Å²) in [7, 11) is 5.93. The van der Waals surface area contributed by atoms with E-state index in [1.807, 2.05) is 104 Å². The minimum absolute atomic E-state index is 0.0777. The van der Waals surface area contributed by atoms with E-state index in [9.17, 15) is 0 Å². The molecule has 3 aromatic rings. The van der Waals surface area contributed by atoms with Gasteiger partial charge in [-0.1, -0.05) is 24.3 Å². The van der Waals surface area contributed by atoms with Crippen molar-refractivity contribution in [2.75, 3.05) is 19.0 Å². The van der Waals surface area contributed by atoms with Crippen LogP contribution in [0.2, 0.25) is 0 Å². The summed E-state index contributed by atoms with van der Waals surface area (Å²) in [5, 5.41) is 18.0. The molecule has 1 aromatic carbocycles. The highest BCUT2D eigenvalue weighted by atomic mass is 16.5. The zero-order valence-electron chi connectivity index (χ0n) is 20.3. The molecule has 0 atom stereocenters. The van der Waals surface area contributed by atoms with E-state index in [4.69, 9.17) is 15.3 Å². The van der Waals surface area contributed by atoms with Gasteiger partial charge in [-0.25, -0.2) is 4.98 Å². The van der Waals surface area contributed by atoms with Crippen LogP contribution in [0, 0.1) is 22.7 Å². The van der Waals surface area contributed by atoms with Gasteiger partial charge in [0, 0.05) is 57.2 Å². The number of rotatable bonds is 3. The molecule has 0 N–H and O–H groups in total. The number of nitriles is 2. The molecular weight excluding hydrogens is 436 g/mol. The van der Waals surface area contributed by atoms with Gasteiger partial charge in [0.05, 0.1) is 6.33 Å². The number of allylic oxidation sites excluding steroid dienone is 6. The molecule has 0 fully saturated rings. The lowest BCUT2D eigenvalue weighted by Gasteiger charge is -2.13. The third-order valence-electron chi connectivity index (χ3n) is 4.50. The van der Waals surface area contributed by atoms with Crippen LogP contribution < -0.4 is 4.90 Å². The normalized spacial score (nSPS) is 11.8. The number of benzene rings is 1. The van der Waals surface area contributed by atoms with E-state index < -0.39 is 0 Å². The average molecular weight is 465 g/mol. The summed E-state index contributed by atoms with van der Waals surface area (Å²) >= 11 is 0. The quantitative estimate of drug-likeness (QED) is 0.480. The largest absolute Gasteiger partial charge is 0.462 e. The molecule has 7 heteroatoms. The molecule has 0 amide bonds. The Hall–Kier alpha value is -4.88. The van der Waals surface area contributed by atoms with E-state index in [2.05, 4.69) is 9.97 Å². The highest BCUT2D eigenvalue weighted by Crippen LogP contribution is 2.23. The summed E-state index contributed by atoms with van der Waals surface area (Å²) in [4.78, 5) is 9.61. The van der Waals surface area contributed by atoms with Crippen LogP contribution in [0.5, 0.6) is 0 Å². The number of hydrogen-bond acceptors (Lipinski definition) is 6. The molecule has 1 aliphatic rings. The maximum Gasteiger partial charge on any atom is 0.137 e. The number of ether oxygens (including phenoxy) is 1. The second kappa shape index (κ2) is 14.3. The van der Waals surface area contributed by atoms with Crippen molar-refractivity contribution in [1.82, 2.24) is 14.5 Å². The molecule has 3 heterocycles. The summed E-state index contributed by atoms with van der Waals surface area (Å²) in [6.45, 7) is 1.79. The Morgan fingerprint density at radius 1 is 0.943 bits per heavy atom. The molecule has 2 aromatic heterocycles. The Balaban J connectivity index is 0.000000290. The highest BCUT2D eigenvalue weighted by Gasteiger charge is 2.10. The molecule has 0 spiro atoms. The first-order valence-corrected chi connectivity index (χ1v) is 10.8. The number of imidazole rings is 1. The molecule has 35 heavy (non-hydrogen) atoms. The van der Waals surface area contributed by atoms with E-state index in [0.29, 0.717) is 17.1 Å². The lowest BCUT2D eigenvalue weighted by molar-refractivity contribution is 0.318. The van der Waals surface area contributed by atoms with Gasteiger partial charge in [-0.3, -0.25) is 4.98 Å². The lowest BCUT2D eigenvalue weighted by atomic mass is 10.1. The van der Waals surface area contributed by atoms with E-state index in [1.165, 1.54) is 0 Å². The summed E-state index contributed by atoms with van der Waals surface area (Å²) in [6.07, 6.45) is 16.0. The third-order valence-corrected chi connectivity index (χ3v) is 4.50. The SMILES string of the molecule is CC1=CC(=C(C#N)C#N)C=C(/C=C/c2ccc(N(C)C)cc2)O1.Cn1ccnc1.c1ccncc1. The lowest BCUT2D eigenvalue weighted by Crippen LogP contribution is -2.07. The Labute approximate surface area is 206 Å². The first-order valence-electron chi connectivity index (χ1n) is 10.8. The van der Waals surface area contributed by atoms with Crippen molar-refractivity contribution in [2.45, 2.75) is 6.92 Å². The minimum Gasteiger partial charge on any atom is -0.462 e. The predicted molar refractivity (Wildman–Crippen MR) is 138 cm³/mol. The van der Waals surface area contributed by atoms with Gasteiger partial charge >= 0.3 is 0 Å². The van der Waals surface area contributed by atoms with Crippen LogP contribution in [0.4, 0.5) is 5.69 Å². The van der Waals surface area contributed by atoms with Crippen molar-refractivity contribution in [3.8, 4) is 12.1 Å². The Morgan fingerprint density at radius 3 is 2.06 bits per heavy atom. The fourth-order valence-corrected chi connectivity index (χ4v) is 2.74. The zero-order chi connectivity index (χ0) is 25.5. The summed E-state index contributed by atoms with van der Waals surface area (Å²) < 4.78 is 7.50. The molecular formula is C28H28N6O. The van der Waals surface area contributed by atoms with Crippen LogP contribution in [-0.4, -0.2) is 28.6 Å². The van der Waals surface area contributed by atoms with E-state index in [-0.39, 0.29) is 5.57 Å². The molecule has 0 bridgehead atoms. The third kappa shape index (κ3) is 9.65. The van der Waals surface area contributed by atoms with E-state index in [0.717, 1.165) is 11.3 Å². The fraction of sp³-hybridized carbons (Fsp3) is 0.143. The van der Waals surface area contributed by atoms with Gasteiger partial charge in [-0.2, -0.15) is 10.5 Å². The van der Waals surface area contributed by atoms with Gasteiger partial charge in [0.25, 0.3) is 0 Å². The van der Waals surface area contributed by atoms with Crippen molar-refractivity contribution in [3.05, 3.63) is 120 Å². The molecule has 0 radical (unpaired) electrons. The summed E-state index contributed by atoms with van der Waals surface area (Å²) in [6, 6.07) is 17.6. The van der Waals surface area contributed by atoms with E-state index >= 15 is 0 Å². The number of pyridine rings is 1. The standard InChI is InChI=1S/C19H17N3O.C5H5N.C4H6N2/c1-14-10-16(17(12-20)13-21)11-19(23-14)9-6-15-4-7-18(8-5-15)22(2)3;1-2-4-6-5-3-1;1-6-3-2-5-4-6/h4-11H,1-3H3;1-5H;2-4H,1H3/b9-6+;;. The van der Waals surface area contributed by atoms with Gasteiger partial charge in [-0.05, 0) is 55.0 Å². The Kier molecular flexibility index (Phi) is 10.8. The molecule has 1 aliphatic heterocycles. The smallest absolute Gasteiger partial charge is 0.137 e. The first-order chi connectivity index (χ1) is 16.9. The molecule has 176 valence electrons. The molecule has 0 aliphatic carbocycles. The second-order valence-corrected chi connectivity index (χ2v) is 7.53. The number of hydrogen-bond donors (Lipinski definition) is 0. The zero-order valence-corrected chi connectivity index (χ0v) is 20.3. The Bertz CT molecular complexity index is 1210. The highest BCUT2D eigenvalue weighted by molar-refractivity contribution is 5.59. The first kappa shape index (κ1) is 26.4. The van der Waals surface area contributed by atoms with Crippen molar-refractivity contribution in [2.24, 2.45) is 7.05 Å². The number of anilines is 1. The number of aryl methyl sites for hydroxylation is 1. The monoisotopic (exact) mass is 464 g/mol. The van der Waals surface area contributed by atoms with Crippen molar-refractivity contribution in [1.29, 1.82) is 10.5 Å². The van der Waals surface area contributed by atoms with Crippen LogP contribution >= 0.6 is 0 Å². The molecule has 7 nitrogen and oxygen atoms in total. The van der Waals surface area contributed by atoms with Crippen LogP contribution in [0.3, 0.4) is 0 Å². The Morgan fingerprint density at radius 2 is 1.63 bits per heavy atom. The van der Waals surface area contributed by atoms with Crippen molar-refractivity contribution >= 4 is 11.8 Å². The van der Waals surface area contributed by atoms with Gasteiger partial charge in [0.2, 0.25) is 0 Å². The van der Waals surface area contributed by atoms with Gasteiger partial charge in [0.15, 0.2) is 0 Å². The van der Waals surface area contributed by atoms with E-state index in [1.54, 1.807) is 44.0 Å². The topological polar surface area (TPSA) is 90.8 Å². The molecule has 0 saturated heterocycles. The summed E-state index contributed by atoms with van der Waals surface area (Å²) in [5.74, 6) is 1.24. The van der Waals surface area contributed by atoms with Crippen LogP contribution in [-0.2, 0) is 11.8 Å². The predicted octanol–water partition coefficient (Wildman–Crippen LogP) is 5.43. The van der Waals surface area contributed by atoms with Gasteiger partial charge in [-0.15, -0.1) is 0 Å². The van der Waals surface area contributed by atoms with Crippen molar-refractivity contribution in [3.63, 3.8) is 0 Å². The fourth-order valence-electron chi connectivity index (χ4n) is 2.74. The van der Waals surface area contributed by atoms with Gasteiger partial charge in [0.1, 0.15) is 29.2 Å².